The average Bonchev–Trinajstić information content (AvgIpc) is 3.20. The van der Waals surface area contributed by atoms with Crippen LogP contribution in [0.4, 0.5) is 4.79 Å². The normalized spacial score (nSPS) is 21.7. The molecule has 0 saturated carbocycles. The van der Waals surface area contributed by atoms with E-state index in [9.17, 15) is 14.4 Å². The SMILES string of the molecule is CN1CCC(NC(=O)N2CCN(C(=O)c3ccco3)CC2)C1=O. The molecule has 0 aromatic carbocycles. The maximum absolute atomic E-state index is 12.2. The third-order valence-electron chi connectivity index (χ3n) is 4.31. The Kier molecular flexibility index (Phi) is 4.22. The van der Waals surface area contributed by atoms with Gasteiger partial charge in [-0.25, -0.2) is 4.79 Å². The minimum absolute atomic E-state index is 0.0509. The number of likely N-dealkylation sites (tertiary alicyclic amines) is 1. The van der Waals surface area contributed by atoms with Gasteiger partial charge in [0.05, 0.1) is 6.26 Å². The maximum atomic E-state index is 12.2. The molecule has 1 atom stereocenters. The molecule has 1 aromatic heterocycles. The van der Waals surface area contributed by atoms with E-state index in [4.69, 9.17) is 4.42 Å². The molecular weight excluding hydrogens is 300 g/mol. The van der Waals surface area contributed by atoms with Gasteiger partial charge in [-0.1, -0.05) is 0 Å². The van der Waals surface area contributed by atoms with Gasteiger partial charge in [0.2, 0.25) is 5.91 Å². The summed E-state index contributed by atoms with van der Waals surface area (Å²) in [5.41, 5.74) is 0. The number of urea groups is 1. The highest BCUT2D eigenvalue weighted by Gasteiger charge is 2.32. The number of hydrogen-bond donors (Lipinski definition) is 1. The molecule has 23 heavy (non-hydrogen) atoms. The number of carbonyl (C=O) groups excluding carboxylic acids is 3. The Bertz CT molecular complexity index is 593. The van der Waals surface area contributed by atoms with Gasteiger partial charge in [-0.15, -0.1) is 0 Å². The van der Waals surface area contributed by atoms with Crippen molar-refractivity contribution in [1.29, 1.82) is 0 Å². The first-order valence-corrected chi connectivity index (χ1v) is 7.69. The molecule has 124 valence electrons. The zero-order chi connectivity index (χ0) is 16.4. The fourth-order valence-corrected chi connectivity index (χ4v) is 2.87. The molecule has 0 spiro atoms. The van der Waals surface area contributed by atoms with Crippen LogP contribution in [0.3, 0.4) is 0 Å². The van der Waals surface area contributed by atoms with Crippen LogP contribution < -0.4 is 5.32 Å². The number of nitrogens with zero attached hydrogens (tertiary/aromatic N) is 3. The van der Waals surface area contributed by atoms with Crippen LogP contribution in [0.15, 0.2) is 22.8 Å². The summed E-state index contributed by atoms with van der Waals surface area (Å²) in [4.78, 5) is 41.1. The Labute approximate surface area is 134 Å². The number of hydrogen-bond acceptors (Lipinski definition) is 4. The minimum Gasteiger partial charge on any atom is -0.459 e. The summed E-state index contributed by atoms with van der Waals surface area (Å²) in [7, 11) is 1.73. The zero-order valence-corrected chi connectivity index (χ0v) is 13.0. The van der Waals surface area contributed by atoms with Gasteiger partial charge in [-0.3, -0.25) is 9.59 Å². The van der Waals surface area contributed by atoms with Crippen molar-refractivity contribution in [2.45, 2.75) is 12.5 Å². The van der Waals surface area contributed by atoms with E-state index in [0.717, 1.165) is 0 Å². The monoisotopic (exact) mass is 320 g/mol. The Morgan fingerprint density at radius 2 is 1.87 bits per heavy atom. The summed E-state index contributed by atoms with van der Waals surface area (Å²) in [6.07, 6.45) is 2.10. The van der Waals surface area contributed by atoms with E-state index in [-0.39, 0.29) is 17.8 Å². The highest BCUT2D eigenvalue weighted by molar-refractivity contribution is 5.92. The van der Waals surface area contributed by atoms with Gasteiger partial charge in [0.1, 0.15) is 6.04 Å². The summed E-state index contributed by atoms with van der Waals surface area (Å²) in [6, 6.07) is 2.62. The van der Waals surface area contributed by atoms with E-state index >= 15 is 0 Å². The summed E-state index contributed by atoms with van der Waals surface area (Å²) >= 11 is 0. The number of nitrogens with one attached hydrogen (secondary N) is 1. The molecule has 4 amide bonds. The van der Waals surface area contributed by atoms with E-state index in [0.29, 0.717) is 44.9 Å². The van der Waals surface area contributed by atoms with Gasteiger partial charge >= 0.3 is 6.03 Å². The van der Waals surface area contributed by atoms with Crippen LogP contribution in [0.5, 0.6) is 0 Å². The Balaban J connectivity index is 1.50. The lowest BCUT2D eigenvalue weighted by Gasteiger charge is -2.34. The molecule has 0 bridgehead atoms. The number of piperazine rings is 1. The summed E-state index contributed by atoms with van der Waals surface area (Å²) < 4.78 is 5.11. The number of likely N-dealkylation sites (N-methyl/N-ethyl adjacent to an activating group) is 1. The van der Waals surface area contributed by atoms with Gasteiger partial charge in [-0.05, 0) is 18.6 Å². The first kappa shape index (κ1) is 15.4. The molecule has 8 heteroatoms. The van der Waals surface area contributed by atoms with Crippen LogP contribution in [0.25, 0.3) is 0 Å². The molecule has 1 aromatic rings. The fraction of sp³-hybridized carbons (Fsp3) is 0.533. The van der Waals surface area contributed by atoms with Crippen LogP contribution in [-0.4, -0.2) is 78.4 Å². The summed E-state index contributed by atoms with van der Waals surface area (Å²) in [5, 5.41) is 2.77. The Morgan fingerprint density at radius 3 is 2.43 bits per heavy atom. The Hall–Kier alpha value is -2.51. The highest BCUT2D eigenvalue weighted by Crippen LogP contribution is 2.12. The average molecular weight is 320 g/mol. The molecule has 2 aliphatic heterocycles. The number of furan rings is 1. The third-order valence-corrected chi connectivity index (χ3v) is 4.31. The molecule has 0 aliphatic carbocycles. The van der Waals surface area contributed by atoms with E-state index in [1.165, 1.54) is 6.26 Å². The first-order valence-electron chi connectivity index (χ1n) is 7.69. The second-order valence-electron chi connectivity index (χ2n) is 5.81. The molecule has 8 nitrogen and oxygen atoms in total. The summed E-state index contributed by atoms with van der Waals surface area (Å²) in [5.74, 6) is 0.0927. The number of amides is 4. The molecule has 2 saturated heterocycles. The number of carbonyl (C=O) groups is 3. The predicted octanol–water partition coefficient (Wildman–Crippen LogP) is -0.0223. The first-order chi connectivity index (χ1) is 11.1. The van der Waals surface area contributed by atoms with E-state index < -0.39 is 6.04 Å². The van der Waals surface area contributed by atoms with Crippen LogP contribution in [0.2, 0.25) is 0 Å². The number of rotatable bonds is 2. The lowest BCUT2D eigenvalue weighted by molar-refractivity contribution is -0.128. The van der Waals surface area contributed by atoms with Crippen molar-refractivity contribution in [3.63, 3.8) is 0 Å². The van der Waals surface area contributed by atoms with Crippen molar-refractivity contribution in [3.8, 4) is 0 Å². The standard InChI is InChI=1S/C15H20N4O4/c1-17-5-4-11(13(17)20)16-15(22)19-8-6-18(7-9-19)14(21)12-3-2-10-23-12/h2-3,10-11H,4-9H2,1H3,(H,16,22). The maximum Gasteiger partial charge on any atom is 0.318 e. The van der Waals surface area contributed by atoms with E-state index in [2.05, 4.69) is 5.32 Å². The molecular formula is C15H20N4O4. The van der Waals surface area contributed by atoms with Gasteiger partial charge < -0.3 is 24.4 Å². The van der Waals surface area contributed by atoms with Gasteiger partial charge in [-0.2, -0.15) is 0 Å². The van der Waals surface area contributed by atoms with Crippen molar-refractivity contribution in [2.75, 3.05) is 39.8 Å². The highest BCUT2D eigenvalue weighted by atomic mass is 16.3. The van der Waals surface area contributed by atoms with Gasteiger partial charge in [0.25, 0.3) is 5.91 Å². The molecule has 3 rings (SSSR count). The van der Waals surface area contributed by atoms with E-state index in [1.54, 1.807) is 33.9 Å². The lowest BCUT2D eigenvalue weighted by Crippen LogP contribution is -2.55. The van der Waals surface area contributed by atoms with Crippen LogP contribution in [-0.2, 0) is 4.79 Å². The van der Waals surface area contributed by atoms with Gasteiger partial charge in [0.15, 0.2) is 5.76 Å². The second-order valence-corrected chi connectivity index (χ2v) is 5.81. The van der Waals surface area contributed by atoms with Crippen molar-refractivity contribution in [2.24, 2.45) is 0 Å². The van der Waals surface area contributed by atoms with Crippen molar-refractivity contribution < 1.29 is 18.8 Å². The van der Waals surface area contributed by atoms with Gasteiger partial charge in [0, 0.05) is 39.8 Å². The fourth-order valence-electron chi connectivity index (χ4n) is 2.87. The molecule has 2 fully saturated rings. The van der Waals surface area contributed by atoms with Crippen molar-refractivity contribution in [3.05, 3.63) is 24.2 Å². The predicted molar refractivity (Wildman–Crippen MR) is 80.8 cm³/mol. The largest absolute Gasteiger partial charge is 0.459 e. The zero-order valence-electron chi connectivity index (χ0n) is 13.0. The topological polar surface area (TPSA) is 86.1 Å². The van der Waals surface area contributed by atoms with Crippen LogP contribution in [0, 0.1) is 0 Å². The second kappa shape index (κ2) is 6.31. The van der Waals surface area contributed by atoms with Crippen LogP contribution >= 0.6 is 0 Å². The molecule has 3 heterocycles. The lowest BCUT2D eigenvalue weighted by atomic mass is 10.2. The van der Waals surface area contributed by atoms with E-state index in [1.807, 2.05) is 0 Å². The molecule has 0 radical (unpaired) electrons. The van der Waals surface area contributed by atoms with Crippen molar-refractivity contribution in [1.82, 2.24) is 20.0 Å². The molecule has 1 unspecified atom stereocenters. The van der Waals surface area contributed by atoms with Crippen molar-refractivity contribution >= 4 is 17.8 Å². The molecule has 1 N–H and O–H groups in total. The smallest absolute Gasteiger partial charge is 0.318 e. The summed E-state index contributed by atoms with van der Waals surface area (Å²) in [6.45, 7) is 2.44. The third kappa shape index (κ3) is 3.15. The minimum atomic E-state index is -0.435. The quantitative estimate of drug-likeness (QED) is 0.829. The van der Waals surface area contributed by atoms with Crippen LogP contribution in [0.1, 0.15) is 17.0 Å². The Morgan fingerprint density at radius 1 is 1.17 bits per heavy atom. The molecule has 2 aliphatic rings.